The van der Waals surface area contributed by atoms with E-state index >= 15 is 0 Å². The molecule has 9 nitrogen and oxygen atoms in total. The maximum Gasteiger partial charge on any atom is 0.315 e. The third kappa shape index (κ3) is 8.13. The van der Waals surface area contributed by atoms with E-state index in [-0.39, 0.29) is 28.0 Å². The summed E-state index contributed by atoms with van der Waals surface area (Å²) in [5.41, 5.74) is 0.867. The van der Waals surface area contributed by atoms with Gasteiger partial charge in [0.05, 0.1) is 33.0 Å². The lowest BCUT2D eigenvalue weighted by Crippen LogP contribution is -2.45. The Balaban J connectivity index is 0.000000193. The fraction of sp³-hybridized carbons (Fsp3) is 0.372. The highest BCUT2D eigenvalue weighted by atomic mass is 32.2. The molecule has 284 valence electrons. The van der Waals surface area contributed by atoms with Crippen molar-refractivity contribution in [2.24, 2.45) is 29.1 Å². The molecule has 54 heavy (non-hydrogen) atoms. The van der Waals surface area contributed by atoms with Crippen LogP contribution in [0.15, 0.2) is 129 Å². The first-order valence-electron chi connectivity index (χ1n) is 18.1. The monoisotopic (exact) mass is 770 g/mol. The fourth-order valence-electron chi connectivity index (χ4n) is 7.37. The van der Waals surface area contributed by atoms with E-state index in [9.17, 15) is 27.4 Å². The number of hydrogen-bond acceptors (Lipinski definition) is 9. The second-order valence-corrected chi connectivity index (χ2v) is 19.1. The highest BCUT2D eigenvalue weighted by Gasteiger charge is 2.70. The summed E-state index contributed by atoms with van der Waals surface area (Å²) >= 11 is 0. The minimum absolute atomic E-state index is 0.0451. The predicted molar refractivity (Wildman–Crippen MR) is 203 cm³/mol. The van der Waals surface area contributed by atoms with Gasteiger partial charge in [0.25, 0.3) is 0 Å². The van der Waals surface area contributed by atoms with E-state index in [1.165, 1.54) is 32.4 Å². The Morgan fingerprint density at radius 3 is 1.83 bits per heavy atom. The third-order valence-electron chi connectivity index (χ3n) is 10.7. The SMILES string of the molecule is CC(C)(C)c1ccc([S+](c2ccccc2)c2ccccc2)cc1.CCC(C)(C)C(=O)OC1C2CC3C1OC(=O)C3C2C(=O)Oc1ccc(S(=O)(=O)[O-])cc1. The maximum atomic E-state index is 13.0. The highest BCUT2D eigenvalue weighted by Crippen LogP contribution is 2.59. The standard InChI is InChI=1S/C22H23S.C21H24O9S/c1-22(2,3)18-14-16-21(17-15-18)23(19-10-6-4-7-11-19)20-12-8-5-9-13-20;1-4-21(2,3)20(24)30-17-13-9-12-15(19(23)29-16(12)17)14(13)18(22)28-10-5-7-11(8-6-10)31(25,26)27/h4-17H,1-3H3;5-8,12-17H,4,9H2,1-3H3,(H,25,26,27)/q+1;/p-1. The normalized spacial score (nSPS) is 23.0. The number of fused-ring (bicyclic) bond motifs is 1. The molecule has 1 saturated heterocycles. The first kappa shape index (κ1) is 39.2. The zero-order chi connectivity index (χ0) is 39.0. The van der Waals surface area contributed by atoms with Crippen LogP contribution in [0.1, 0.15) is 59.9 Å². The van der Waals surface area contributed by atoms with E-state index in [0.29, 0.717) is 12.8 Å². The van der Waals surface area contributed by atoms with Crippen molar-refractivity contribution in [2.45, 2.75) is 91.6 Å². The van der Waals surface area contributed by atoms with Gasteiger partial charge in [0, 0.05) is 11.8 Å². The second kappa shape index (κ2) is 15.4. The van der Waals surface area contributed by atoms with Gasteiger partial charge < -0.3 is 18.8 Å². The van der Waals surface area contributed by atoms with E-state index in [0.717, 1.165) is 12.1 Å². The molecule has 3 fully saturated rings. The molecule has 2 bridgehead atoms. The molecule has 0 radical (unpaired) electrons. The number of carbonyl (C=O) groups excluding carboxylic acids is 3. The van der Waals surface area contributed by atoms with Crippen LogP contribution in [0, 0.1) is 29.1 Å². The summed E-state index contributed by atoms with van der Waals surface area (Å²) in [5, 5.41) is 0. The molecule has 7 rings (SSSR count). The topological polar surface area (TPSA) is 136 Å². The van der Waals surface area contributed by atoms with E-state index < -0.39 is 68.3 Å². The quantitative estimate of drug-likeness (QED) is 0.0725. The number of hydrogen-bond donors (Lipinski definition) is 0. The molecule has 2 saturated carbocycles. The second-order valence-electron chi connectivity index (χ2n) is 15.7. The van der Waals surface area contributed by atoms with E-state index in [1.807, 2.05) is 6.92 Å². The number of rotatable bonds is 9. The van der Waals surface area contributed by atoms with Gasteiger partial charge in [0.2, 0.25) is 0 Å². The molecule has 1 aliphatic heterocycles. The van der Waals surface area contributed by atoms with Gasteiger partial charge in [0.15, 0.2) is 14.7 Å². The molecule has 3 aliphatic rings. The highest BCUT2D eigenvalue weighted by molar-refractivity contribution is 7.97. The average molecular weight is 771 g/mol. The smallest absolute Gasteiger partial charge is 0.315 e. The van der Waals surface area contributed by atoms with Gasteiger partial charge in [-0.1, -0.05) is 76.2 Å². The van der Waals surface area contributed by atoms with Crippen LogP contribution in [0.3, 0.4) is 0 Å². The number of carbonyl (C=O) groups is 3. The van der Waals surface area contributed by atoms with Crippen molar-refractivity contribution in [1.29, 1.82) is 0 Å². The molecule has 0 N–H and O–H groups in total. The van der Waals surface area contributed by atoms with Crippen molar-refractivity contribution < 1.29 is 41.6 Å². The van der Waals surface area contributed by atoms with Gasteiger partial charge in [0.1, 0.15) is 28.1 Å². The van der Waals surface area contributed by atoms with Gasteiger partial charge in [-0.05, 0) is 98.3 Å². The molecule has 11 heteroatoms. The van der Waals surface area contributed by atoms with Gasteiger partial charge in [-0.2, -0.15) is 0 Å². The maximum absolute atomic E-state index is 13.0. The largest absolute Gasteiger partial charge is 0.744 e. The predicted octanol–water partition coefficient (Wildman–Crippen LogP) is 7.73. The molecule has 0 aromatic heterocycles. The average Bonchev–Trinajstić information content (AvgIpc) is 3.77. The molecule has 4 aromatic rings. The molecule has 6 atom stereocenters. The van der Waals surface area contributed by atoms with Gasteiger partial charge >= 0.3 is 17.9 Å². The van der Waals surface area contributed by atoms with Crippen LogP contribution in [-0.2, 0) is 50.3 Å². The van der Waals surface area contributed by atoms with Crippen molar-refractivity contribution in [3.05, 3.63) is 115 Å². The molecular formula is C43H46O9S2. The van der Waals surface area contributed by atoms with E-state index in [2.05, 4.69) is 106 Å². The molecular weight excluding hydrogens is 725 g/mol. The minimum Gasteiger partial charge on any atom is -0.744 e. The summed E-state index contributed by atoms with van der Waals surface area (Å²) in [6, 6.07) is 35.2. The third-order valence-corrected chi connectivity index (χ3v) is 13.8. The van der Waals surface area contributed by atoms with Crippen LogP contribution >= 0.6 is 0 Å². The number of benzene rings is 4. The summed E-state index contributed by atoms with van der Waals surface area (Å²) in [6.45, 7) is 12.2. The molecule has 4 aromatic carbocycles. The first-order valence-corrected chi connectivity index (χ1v) is 20.8. The van der Waals surface area contributed by atoms with Crippen LogP contribution < -0.4 is 4.74 Å². The molecule has 1 heterocycles. The van der Waals surface area contributed by atoms with Crippen molar-refractivity contribution in [3.63, 3.8) is 0 Å². The van der Waals surface area contributed by atoms with Gasteiger partial charge in [-0.3, -0.25) is 14.4 Å². The van der Waals surface area contributed by atoms with Crippen LogP contribution in [-0.4, -0.2) is 43.1 Å². The van der Waals surface area contributed by atoms with Crippen molar-refractivity contribution >= 4 is 38.9 Å². The Morgan fingerprint density at radius 1 is 0.796 bits per heavy atom. The summed E-state index contributed by atoms with van der Waals surface area (Å²) in [6.07, 6.45) is -0.180. The van der Waals surface area contributed by atoms with Crippen LogP contribution in [0.4, 0.5) is 0 Å². The lowest BCUT2D eigenvalue weighted by Gasteiger charge is -2.32. The van der Waals surface area contributed by atoms with Crippen LogP contribution in [0.5, 0.6) is 5.75 Å². The lowest BCUT2D eigenvalue weighted by atomic mass is 9.78. The van der Waals surface area contributed by atoms with Crippen LogP contribution in [0.2, 0.25) is 0 Å². The Hall–Kier alpha value is -4.45. The Bertz CT molecular complexity index is 2040. The summed E-state index contributed by atoms with van der Waals surface area (Å²) in [7, 11) is -4.67. The summed E-state index contributed by atoms with van der Waals surface area (Å²) in [5.74, 6) is -3.65. The molecule has 0 amide bonds. The fourth-order valence-corrected chi connectivity index (χ4v) is 9.92. The van der Waals surface area contributed by atoms with E-state index in [1.54, 1.807) is 13.8 Å². The number of ether oxygens (including phenoxy) is 3. The Labute approximate surface area is 320 Å². The van der Waals surface area contributed by atoms with Crippen molar-refractivity contribution in [2.75, 3.05) is 0 Å². The zero-order valence-corrected chi connectivity index (χ0v) is 32.9. The summed E-state index contributed by atoms with van der Waals surface area (Å²) < 4.78 is 49.7. The van der Waals surface area contributed by atoms with Gasteiger partial charge in [-0.15, -0.1) is 0 Å². The first-order chi connectivity index (χ1) is 25.5. The minimum atomic E-state index is -4.62. The molecule has 6 unspecified atom stereocenters. The number of esters is 3. The van der Waals surface area contributed by atoms with Crippen molar-refractivity contribution in [3.8, 4) is 5.75 Å². The Morgan fingerprint density at radius 2 is 1.33 bits per heavy atom. The lowest BCUT2D eigenvalue weighted by molar-refractivity contribution is -0.172. The zero-order valence-electron chi connectivity index (χ0n) is 31.3. The summed E-state index contributed by atoms with van der Waals surface area (Å²) in [4.78, 5) is 41.6. The van der Waals surface area contributed by atoms with Gasteiger partial charge in [-0.25, -0.2) is 8.42 Å². The molecule has 2 aliphatic carbocycles. The Kier molecular flexibility index (Phi) is 11.2. The van der Waals surface area contributed by atoms with Crippen LogP contribution in [0.25, 0.3) is 0 Å². The molecule has 0 spiro atoms. The van der Waals surface area contributed by atoms with Crippen molar-refractivity contribution in [1.82, 2.24) is 0 Å². The van der Waals surface area contributed by atoms with E-state index in [4.69, 9.17) is 14.2 Å².